The largest absolute Gasteiger partial charge is 0.383 e. The average Bonchev–Trinajstić information content (AvgIpc) is 2.24. The molecule has 0 atom stereocenters. The zero-order valence-corrected chi connectivity index (χ0v) is 11.6. The summed E-state index contributed by atoms with van der Waals surface area (Å²) >= 11 is 0. The van der Waals surface area contributed by atoms with Gasteiger partial charge in [0.1, 0.15) is 0 Å². The normalized spacial score (nSPS) is 19.3. The lowest BCUT2D eigenvalue weighted by Crippen LogP contribution is -2.46. The van der Waals surface area contributed by atoms with Gasteiger partial charge in [0.2, 0.25) is 0 Å². The number of rotatable bonds is 5. The number of hydrogen-bond donors (Lipinski definition) is 0. The monoisotopic (exact) mass is 227 g/mol. The Morgan fingerprint density at radius 2 is 1.75 bits per heavy atom. The Bertz CT molecular complexity index is 180. The lowest BCUT2D eigenvalue weighted by Gasteiger charge is -2.39. The highest BCUT2D eigenvalue weighted by atomic mass is 16.5. The summed E-state index contributed by atoms with van der Waals surface area (Å²) in [6.45, 7) is 10.1. The van der Waals surface area contributed by atoms with Crippen molar-refractivity contribution >= 4 is 0 Å². The minimum Gasteiger partial charge on any atom is -0.383 e. The number of methoxy groups -OCH3 is 1. The third-order valence-corrected chi connectivity index (χ3v) is 3.72. The number of nitrogens with zero attached hydrogens (tertiary/aromatic N) is 1. The van der Waals surface area contributed by atoms with Crippen LogP contribution in [-0.4, -0.2) is 37.2 Å². The second-order valence-electron chi connectivity index (χ2n) is 6.11. The molecular weight excluding hydrogens is 198 g/mol. The quantitative estimate of drug-likeness (QED) is 0.714. The Balaban J connectivity index is 2.41. The Hall–Kier alpha value is -0.0800. The van der Waals surface area contributed by atoms with E-state index in [9.17, 15) is 0 Å². The van der Waals surface area contributed by atoms with Gasteiger partial charge in [0, 0.05) is 25.7 Å². The summed E-state index contributed by atoms with van der Waals surface area (Å²) in [6, 6.07) is 0. The van der Waals surface area contributed by atoms with Crippen LogP contribution in [0, 0.1) is 5.92 Å². The third kappa shape index (κ3) is 4.84. The molecule has 1 aliphatic carbocycles. The highest BCUT2D eigenvalue weighted by Crippen LogP contribution is 2.26. The van der Waals surface area contributed by atoms with E-state index in [1.54, 1.807) is 7.11 Å². The van der Waals surface area contributed by atoms with Gasteiger partial charge in [0.05, 0.1) is 6.61 Å². The lowest BCUT2D eigenvalue weighted by molar-refractivity contribution is 0.0661. The SMILES string of the molecule is COCCN(CC1CCCCC1)C(C)(C)C. The summed E-state index contributed by atoms with van der Waals surface area (Å²) in [5, 5.41) is 0. The van der Waals surface area contributed by atoms with Crippen molar-refractivity contribution in [2.75, 3.05) is 26.8 Å². The first-order chi connectivity index (χ1) is 7.54. The van der Waals surface area contributed by atoms with E-state index in [2.05, 4.69) is 25.7 Å². The number of ether oxygens (including phenoxy) is 1. The summed E-state index contributed by atoms with van der Waals surface area (Å²) in [7, 11) is 1.79. The summed E-state index contributed by atoms with van der Waals surface area (Å²) < 4.78 is 5.21. The topological polar surface area (TPSA) is 12.5 Å². The first-order valence-corrected chi connectivity index (χ1v) is 6.78. The van der Waals surface area contributed by atoms with Crippen LogP contribution in [0.4, 0.5) is 0 Å². The zero-order valence-electron chi connectivity index (χ0n) is 11.6. The third-order valence-electron chi connectivity index (χ3n) is 3.72. The second kappa shape index (κ2) is 6.61. The molecule has 1 aliphatic rings. The lowest BCUT2D eigenvalue weighted by atomic mass is 9.88. The van der Waals surface area contributed by atoms with Crippen LogP contribution in [-0.2, 0) is 4.74 Å². The van der Waals surface area contributed by atoms with Crippen LogP contribution in [0.2, 0.25) is 0 Å². The molecule has 16 heavy (non-hydrogen) atoms. The van der Waals surface area contributed by atoms with Gasteiger partial charge in [-0.1, -0.05) is 19.3 Å². The fourth-order valence-electron chi connectivity index (χ4n) is 2.58. The smallest absolute Gasteiger partial charge is 0.0589 e. The standard InChI is InChI=1S/C14H29NO/c1-14(2,3)15(10-11-16-4)12-13-8-6-5-7-9-13/h13H,5-12H2,1-4H3. The van der Waals surface area contributed by atoms with Gasteiger partial charge in [-0.3, -0.25) is 4.90 Å². The Kier molecular flexibility index (Phi) is 5.77. The summed E-state index contributed by atoms with van der Waals surface area (Å²) in [6.07, 6.45) is 7.18. The minimum absolute atomic E-state index is 0.274. The van der Waals surface area contributed by atoms with Gasteiger partial charge in [-0.05, 0) is 39.5 Å². The fourth-order valence-corrected chi connectivity index (χ4v) is 2.58. The first kappa shape index (κ1) is 14.0. The first-order valence-electron chi connectivity index (χ1n) is 6.78. The Labute approximate surface area is 101 Å². The average molecular weight is 227 g/mol. The molecule has 1 rings (SSSR count). The van der Waals surface area contributed by atoms with Gasteiger partial charge >= 0.3 is 0 Å². The minimum atomic E-state index is 0.274. The number of hydrogen-bond acceptors (Lipinski definition) is 2. The van der Waals surface area contributed by atoms with Gasteiger partial charge in [-0.15, -0.1) is 0 Å². The molecule has 0 unspecified atom stereocenters. The van der Waals surface area contributed by atoms with Crippen LogP contribution in [0.1, 0.15) is 52.9 Å². The van der Waals surface area contributed by atoms with Crippen molar-refractivity contribution in [1.82, 2.24) is 4.90 Å². The van der Waals surface area contributed by atoms with E-state index >= 15 is 0 Å². The summed E-state index contributed by atoms with van der Waals surface area (Å²) in [5.41, 5.74) is 0.274. The Morgan fingerprint density at radius 1 is 1.12 bits per heavy atom. The Morgan fingerprint density at radius 3 is 2.25 bits per heavy atom. The highest BCUT2D eigenvalue weighted by molar-refractivity contribution is 4.79. The zero-order chi connectivity index (χ0) is 12.0. The molecule has 1 saturated carbocycles. The maximum absolute atomic E-state index is 5.21. The van der Waals surface area contributed by atoms with Crippen molar-refractivity contribution in [2.45, 2.75) is 58.4 Å². The molecule has 1 fully saturated rings. The molecule has 0 aromatic rings. The van der Waals surface area contributed by atoms with Crippen molar-refractivity contribution in [3.8, 4) is 0 Å². The molecule has 0 bridgehead atoms. The molecule has 2 heteroatoms. The van der Waals surface area contributed by atoms with Crippen LogP contribution < -0.4 is 0 Å². The molecule has 2 nitrogen and oxygen atoms in total. The predicted molar refractivity (Wildman–Crippen MR) is 69.8 cm³/mol. The van der Waals surface area contributed by atoms with E-state index in [4.69, 9.17) is 4.74 Å². The van der Waals surface area contributed by atoms with Crippen molar-refractivity contribution in [3.63, 3.8) is 0 Å². The van der Waals surface area contributed by atoms with Crippen LogP contribution in [0.5, 0.6) is 0 Å². The molecule has 96 valence electrons. The van der Waals surface area contributed by atoms with Gasteiger partial charge in [0.25, 0.3) is 0 Å². The van der Waals surface area contributed by atoms with Crippen molar-refractivity contribution in [1.29, 1.82) is 0 Å². The van der Waals surface area contributed by atoms with Gasteiger partial charge in [-0.2, -0.15) is 0 Å². The predicted octanol–water partition coefficient (Wildman–Crippen LogP) is 3.31. The highest BCUT2D eigenvalue weighted by Gasteiger charge is 2.24. The van der Waals surface area contributed by atoms with Crippen LogP contribution in [0.25, 0.3) is 0 Å². The van der Waals surface area contributed by atoms with E-state index in [0.717, 1.165) is 19.1 Å². The van der Waals surface area contributed by atoms with E-state index in [1.165, 1.54) is 38.6 Å². The van der Waals surface area contributed by atoms with Gasteiger partial charge in [0.15, 0.2) is 0 Å². The van der Waals surface area contributed by atoms with E-state index in [0.29, 0.717) is 0 Å². The maximum atomic E-state index is 5.21. The molecule has 0 N–H and O–H groups in total. The van der Waals surface area contributed by atoms with E-state index in [1.807, 2.05) is 0 Å². The molecule has 0 radical (unpaired) electrons. The van der Waals surface area contributed by atoms with Crippen LogP contribution in [0.15, 0.2) is 0 Å². The molecule has 0 aromatic heterocycles. The van der Waals surface area contributed by atoms with Crippen molar-refractivity contribution in [2.24, 2.45) is 5.92 Å². The van der Waals surface area contributed by atoms with Crippen molar-refractivity contribution in [3.05, 3.63) is 0 Å². The molecule has 0 aliphatic heterocycles. The molecule has 0 saturated heterocycles. The van der Waals surface area contributed by atoms with E-state index in [-0.39, 0.29) is 5.54 Å². The van der Waals surface area contributed by atoms with Crippen LogP contribution >= 0.6 is 0 Å². The molecule has 0 spiro atoms. The fraction of sp³-hybridized carbons (Fsp3) is 1.00. The van der Waals surface area contributed by atoms with E-state index < -0.39 is 0 Å². The van der Waals surface area contributed by atoms with Gasteiger partial charge < -0.3 is 4.74 Å². The summed E-state index contributed by atoms with van der Waals surface area (Å²) in [4.78, 5) is 2.59. The van der Waals surface area contributed by atoms with Gasteiger partial charge in [-0.25, -0.2) is 0 Å². The second-order valence-corrected chi connectivity index (χ2v) is 6.11. The molecule has 0 amide bonds. The maximum Gasteiger partial charge on any atom is 0.0589 e. The van der Waals surface area contributed by atoms with Crippen LogP contribution in [0.3, 0.4) is 0 Å². The van der Waals surface area contributed by atoms with Crippen molar-refractivity contribution < 1.29 is 4.74 Å². The summed E-state index contributed by atoms with van der Waals surface area (Å²) in [5.74, 6) is 0.921. The molecule has 0 aromatic carbocycles. The molecule has 0 heterocycles. The molecular formula is C14H29NO.